The largest absolute Gasteiger partial charge is 0.508 e. The fourth-order valence-electron chi connectivity index (χ4n) is 2.73. The van der Waals surface area contributed by atoms with Crippen LogP contribution < -0.4 is 5.32 Å². The quantitative estimate of drug-likeness (QED) is 0.779. The molecule has 1 fully saturated rings. The Morgan fingerprint density at radius 1 is 1.21 bits per heavy atom. The van der Waals surface area contributed by atoms with Crippen molar-refractivity contribution in [3.05, 3.63) is 23.8 Å². The highest BCUT2D eigenvalue weighted by atomic mass is 16.3. The Labute approximate surface area is 115 Å². The van der Waals surface area contributed by atoms with Gasteiger partial charge in [-0.3, -0.25) is 4.90 Å². The van der Waals surface area contributed by atoms with Crippen molar-refractivity contribution in [1.29, 1.82) is 0 Å². The minimum atomic E-state index is 0.116. The third-order valence-corrected chi connectivity index (χ3v) is 3.66. The Hall–Kier alpha value is -1.26. The lowest BCUT2D eigenvalue weighted by Crippen LogP contribution is -2.45. The molecule has 1 aromatic rings. The molecule has 0 amide bonds. The van der Waals surface area contributed by atoms with Crippen LogP contribution >= 0.6 is 0 Å². The molecule has 1 aromatic carbocycles. The Kier molecular flexibility index (Phi) is 4.66. The van der Waals surface area contributed by atoms with Gasteiger partial charge in [-0.1, -0.05) is 19.9 Å². The fourth-order valence-corrected chi connectivity index (χ4v) is 2.73. The summed E-state index contributed by atoms with van der Waals surface area (Å²) >= 11 is 0. The number of hydrogen-bond donors (Lipinski definition) is 3. The molecule has 4 nitrogen and oxygen atoms in total. The van der Waals surface area contributed by atoms with Crippen molar-refractivity contribution < 1.29 is 10.2 Å². The Morgan fingerprint density at radius 3 is 2.47 bits per heavy atom. The van der Waals surface area contributed by atoms with Crippen LogP contribution in [-0.4, -0.2) is 41.3 Å². The zero-order valence-electron chi connectivity index (χ0n) is 11.8. The summed E-state index contributed by atoms with van der Waals surface area (Å²) in [5, 5.41) is 22.9. The molecule has 0 aromatic heterocycles. The third kappa shape index (κ3) is 3.61. The molecule has 0 radical (unpaired) electrons. The molecule has 4 heteroatoms. The van der Waals surface area contributed by atoms with Crippen molar-refractivity contribution in [2.45, 2.75) is 26.3 Å². The van der Waals surface area contributed by atoms with Gasteiger partial charge in [-0.25, -0.2) is 0 Å². The minimum Gasteiger partial charge on any atom is -0.508 e. The summed E-state index contributed by atoms with van der Waals surface area (Å²) < 4.78 is 0. The molecule has 0 aliphatic carbocycles. The van der Waals surface area contributed by atoms with Crippen LogP contribution in [0.15, 0.2) is 18.2 Å². The van der Waals surface area contributed by atoms with E-state index in [0.29, 0.717) is 5.92 Å². The van der Waals surface area contributed by atoms with Gasteiger partial charge in [0.25, 0.3) is 0 Å². The highest BCUT2D eigenvalue weighted by molar-refractivity contribution is 5.41. The molecule has 1 saturated heterocycles. The van der Waals surface area contributed by atoms with Gasteiger partial charge in [0.05, 0.1) is 0 Å². The van der Waals surface area contributed by atoms with Gasteiger partial charge < -0.3 is 15.5 Å². The number of phenols is 2. The monoisotopic (exact) mass is 264 g/mol. The summed E-state index contributed by atoms with van der Waals surface area (Å²) in [6.07, 6.45) is 1.01. The van der Waals surface area contributed by atoms with Crippen molar-refractivity contribution in [1.82, 2.24) is 10.2 Å². The van der Waals surface area contributed by atoms with Crippen molar-refractivity contribution in [2.24, 2.45) is 5.92 Å². The summed E-state index contributed by atoms with van der Waals surface area (Å²) in [7, 11) is 0. The van der Waals surface area contributed by atoms with Crippen molar-refractivity contribution in [2.75, 3.05) is 26.2 Å². The first kappa shape index (κ1) is 14.2. The average Bonchev–Trinajstić information content (AvgIpc) is 2.37. The second kappa shape index (κ2) is 6.26. The number of aromatic hydroxyl groups is 2. The van der Waals surface area contributed by atoms with Crippen molar-refractivity contribution >= 4 is 0 Å². The molecule has 3 N–H and O–H groups in total. The first-order chi connectivity index (χ1) is 9.08. The SMILES string of the molecule is CC(C)C[C@@H](c1ccc(O)cc1O)N1CCNCC1. The van der Waals surface area contributed by atoms with Gasteiger partial charge in [0.2, 0.25) is 0 Å². The zero-order valence-corrected chi connectivity index (χ0v) is 11.8. The van der Waals surface area contributed by atoms with Gasteiger partial charge in [-0.15, -0.1) is 0 Å². The van der Waals surface area contributed by atoms with E-state index in [9.17, 15) is 10.2 Å². The molecule has 0 saturated carbocycles. The smallest absolute Gasteiger partial charge is 0.124 e. The normalized spacial score (nSPS) is 18.7. The van der Waals surface area contributed by atoms with E-state index in [1.54, 1.807) is 6.07 Å². The second-order valence-electron chi connectivity index (χ2n) is 5.67. The highest BCUT2D eigenvalue weighted by Gasteiger charge is 2.25. The van der Waals surface area contributed by atoms with Crippen LogP contribution in [0.4, 0.5) is 0 Å². The minimum absolute atomic E-state index is 0.116. The lowest BCUT2D eigenvalue weighted by molar-refractivity contribution is 0.151. The zero-order chi connectivity index (χ0) is 13.8. The molecular weight excluding hydrogens is 240 g/mol. The van der Waals surface area contributed by atoms with E-state index in [0.717, 1.165) is 38.2 Å². The molecule has 106 valence electrons. The number of nitrogens with one attached hydrogen (secondary N) is 1. The Bertz CT molecular complexity index is 415. The number of piperazine rings is 1. The molecule has 1 aliphatic rings. The van der Waals surface area contributed by atoms with E-state index in [-0.39, 0.29) is 17.5 Å². The van der Waals surface area contributed by atoms with E-state index in [1.807, 2.05) is 6.07 Å². The standard InChI is InChI=1S/C15H24N2O2/c1-11(2)9-14(17-7-5-16-6-8-17)13-4-3-12(18)10-15(13)19/h3-4,10-11,14,16,18-19H,5-9H2,1-2H3/t14-/m0/s1. The topological polar surface area (TPSA) is 55.7 Å². The maximum atomic E-state index is 10.1. The van der Waals surface area contributed by atoms with Crippen LogP contribution in [0.5, 0.6) is 11.5 Å². The first-order valence-electron chi connectivity index (χ1n) is 7.04. The number of hydrogen-bond acceptors (Lipinski definition) is 4. The summed E-state index contributed by atoms with van der Waals surface area (Å²) in [6, 6.07) is 5.16. The van der Waals surface area contributed by atoms with Gasteiger partial charge in [-0.2, -0.15) is 0 Å². The summed E-state index contributed by atoms with van der Waals surface area (Å²) in [5.74, 6) is 0.877. The van der Waals surface area contributed by atoms with Crippen LogP contribution in [0.3, 0.4) is 0 Å². The molecule has 1 aliphatic heterocycles. The number of benzene rings is 1. The fraction of sp³-hybridized carbons (Fsp3) is 0.600. The lowest BCUT2D eigenvalue weighted by Gasteiger charge is -2.36. The van der Waals surface area contributed by atoms with E-state index in [1.165, 1.54) is 6.07 Å². The number of phenolic OH excluding ortho intramolecular Hbond substituents is 2. The van der Waals surface area contributed by atoms with Crippen LogP contribution in [0.25, 0.3) is 0 Å². The van der Waals surface area contributed by atoms with Crippen LogP contribution in [0.1, 0.15) is 31.9 Å². The van der Waals surface area contributed by atoms with Gasteiger partial charge in [0, 0.05) is 43.9 Å². The maximum Gasteiger partial charge on any atom is 0.124 e. The molecule has 0 bridgehead atoms. The van der Waals surface area contributed by atoms with Crippen LogP contribution in [-0.2, 0) is 0 Å². The summed E-state index contributed by atoms with van der Waals surface area (Å²) in [6.45, 7) is 8.38. The molecule has 2 rings (SSSR count). The lowest BCUT2D eigenvalue weighted by atomic mass is 9.94. The first-order valence-corrected chi connectivity index (χ1v) is 7.04. The van der Waals surface area contributed by atoms with E-state index < -0.39 is 0 Å². The molecular formula is C15H24N2O2. The number of nitrogens with zero attached hydrogens (tertiary/aromatic N) is 1. The summed E-state index contributed by atoms with van der Waals surface area (Å²) in [4.78, 5) is 2.42. The van der Waals surface area contributed by atoms with Crippen molar-refractivity contribution in [3.63, 3.8) is 0 Å². The van der Waals surface area contributed by atoms with Crippen LogP contribution in [0.2, 0.25) is 0 Å². The third-order valence-electron chi connectivity index (χ3n) is 3.66. The Balaban J connectivity index is 2.25. The predicted octanol–water partition coefficient (Wildman–Crippen LogP) is 2.09. The van der Waals surface area contributed by atoms with Gasteiger partial charge in [0.1, 0.15) is 11.5 Å². The summed E-state index contributed by atoms with van der Waals surface area (Å²) in [5.41, 5.74) is 0.924. The molecule has 0 spiro atoms. The van der Waals surface area contributed by atoms with Gasteiger partial charge >= 0.3 is 0 Å². The molecule has 0 unspecified atom stereocenters. The number of rotatable bonds is 4. The van der Waals surface area contributed by atoms with Gasteiger partial charge in [-0.05, 0) is 18.4 Å². The highest BCUT2D eigenvalue weighted by Crippen LogP contribution is 2.35. The average molecular weight is 264 g/mol. The predicted molar refractivity (Wildman–Crippen MR) is 76.4 cm³/mol. The molecule has 1 heterocycles. The van der Waals surface area contributed by atoms with E-state index >= 15 is 0 Å². The van der Waals surface area contributed by atoms with Crippen molar-refractivity contribution in [3.8, 4) is 11.5 Å². The van der Waals surface area contributed by atoms with Gasteiger partial charge in [0.15, 0.2) is 0 Å². The van der Waals surface area contributed by atoms with E-state index in [4.69, 9.17) is 0 Å². The second-order valence-corrected chi connectivity index (χ2v) is 5.67. The molecule has 19 heavy (non-hydrogen) atoms. The van der Waals surface area contributed by atoms with Crippen LogP contribution in [0, 0.1) is 5.92 Å². The van der Waals surface area contributed by atoms with E-state index in [2.05, 4.69) is 24.1 Å². The maximum absolute atomic E-state index is 10.1. The molecule has 1 atom stereocenters. The Morgan fingerprint density at radius 2 is 1.89 bits per heavy atom.